The molecule has 16 heavy (non-hydrogen) atoms. The third-order valence-electron chi connectivity index (χ3n) is 2.60. The molecule has 0 aliphatic carbocycles. The van der Waals surface area contributed by atoms with Crippen LogP contribution in [0.25, 0.3) is 0 Å². The Bertz CT molecular complexity index is 258. The maximum Gasteiger partial charge on any atom is 0.390 e. The molecule has 0 spiro atoms. The standard InChI is InChI=1S/C9H15F3N2O2/c1-13-8(15)7-6(5-9(10,11)12)14(2)3-4-16-7/h6-7H,3-5H2,1-2H3,(H,13,15). The van der Waals surface area contributed by atoms with E-state index in [1.807, 2.05) is 0 Å². The van der Waals surface area contributed by atoms with Crippen LogP contribution in [0.1, 0.15) is 6.42 Å². The number of nitrogens with zero attached hydrogens (tertiary/aromatic N) is 1. The van der Waals surface area contributed by atoms with Crippen LogP contribution >= 0.6 is 0 Å². The first-order chi connectivity index (χ1) is 7.35. The summed E-state index contributed by atoms with van der Waals surface area (Å²) in [4.78, 5) is 12.9. The average Bonchev–Trinajstić information content (AvgIpc) is 2.18. The topological polar surface area (TPSA) is 41.6 Å². The first-order valence-corrected chi connectivity index (χ1v) is 4.95. The molecule has 1 amide bonds. The first-order valence-electron chi connectivity index (χ1n) is 4.95. The van der Waals surface area contributed by atoms with Gasteiger partial charge in [-0.15, -0.1) is 0 Å². The van der Waals surface area contributed by atoms with Crippen molar-refractivity contribution in [1.29, 1.82) is 0 Å². The molecule has 2 atom stereocenters. The van der Waals surface area contributed by atoms with Gasteiger partial charge in [-0.25, -0.2) is 0 Å². The number of carbonyl (C=O) groups excluding carboxylic acids is 1. The number of alkyl halides is 3. The fourth-order valence-corrected chi connectivity index (χ4v) is 1.72. The molecule has 1 N–H and O–H groups in total. The summed E-state index contributed by atoms with van der Waals surface area (Å²) in [7, 11) is 2.94. The summed E-state index contributed by atoms with van der Waals surface area (Å²) in [5.41, 5.74) is 0. The van der Waals surface area contributed by atoms with E-state index in [9.17, 15) is 18.0 Å². The van der Waals surface area contributed by atoms with Crippen LogP contribution in [0, 0.1) is 0 Å². The van der Waals surface area contributed by atoms with Gasteiger partial charge in [0.05, 0.1) is 19.1 Å². The smallest absolute Gasteiger partial charge is 0.365 e. The SMILES string of the molecule is CNC(=O)C1OCCN(C)C1CC(F)(F)F. The number of halogens is 3. The van der Waals surface area contributed by atoms with Gasteiger partial charge >= 0.3 is 6.18 Å². The van der Waals surface area contributed by atoms with Crippen LogP contribution in [-0.2, 0) is 9.53 Å². The van der Waals surface area contributed by atoms with Crippen LogP contribution in [0.3, 0.4) is 0 Å². The zero-order chi connectivity index (χ0) is 12.3. The van der Waals surface area contributed by atoms with E-state index in [1.165, 1.54) is 11.9 Å². The summed E-state index contributed by atoms with van der Waals surface area (Å²) >= 11 is 0. The van der Waals surface area contributed by atoms with Gasteiger partial charge in [-0.05, 0) is 7.05 Å². The van der Waals surface area contributed by atoms with Crippen molar-refractivity contribution < 1.29 is 22.7 Å². The molecule has 2 unspecified atom stereocenters. The Kier molecular flexibility index (Phi) is 4.15. The lowest BCUT2D eigenvalue weighted by Crippen LogP contribution is -2.56. The van der Waals surface area contributed by atoms with E-state index >= 15 is 0 Å². The molecular formula is C9H15F3N2O2. The fourth-order valence-electron chi connectivity index (χ4n) is 1.72. The van der Waals surface area contributed by atoms with Crippen LogP contribution in [0.4, 0.5) is 13.2 Å². The first kappa shape index (κ1) is 13.2. The van der Waals surface area contributed by atoms with E-state index in [1.54, 1.807) is 7.05 Å². The molecule has 1 rings (SSSR count). The number of nitrogens with one attached hydrogen (secondary N) is 1. The summed E-state index contributed by atoms with van der Waals surface area (Å²) in [6, 6.07) is -0.950. The Morgan fingerprint density at radius 1 is 1.56 bits per heavy atom. The number of carbonyl (C=O) groups is 1. The molecule has 94 valence electrons. The molecule has 0 bridgehead atoms. The number of ether oxygens (including phenoxy) is 1. The predicted molar refractivity (Wildman–Crippen MR) is 50.9 cm³/mol. The Morgan fingerprint density at radius 2 is 2.19 bits per heavy atom. The van der Waals surface area contributed by atoms with E-state index < -0.39 is 30.7 Å². The largest absolute Gasteiger partial charge is 0.390 e. The second-order valence-corrected chi connectivity index (χ2v) is 3.77. The summed E-state index contributed by atoms with van der Waals surface area (Å²) in [5, 5.41) is 2.31. The Balaban J connectivity index is 2.75. The van der Waals surface area contributed by atoms with E-state index in [4.69, 9.17) is 4.74 Å². The zero-order valence-corrected chi connectivity index (χ0v) is 9.17. The second-order valence-electron chi connectivity index (χ2n) is 3.77. The molecule has 0 aromatic rings. The van der Waals surface area contributed by atoms with Gasteiger partial charge in [0, 0.05) is 13.6 Å². The van der Waals surface area contributed by atoms with E-state index in [-0.39, 0.29) is 6.61 Å². The van der Waals surface area contributed by atoms with Crippen molar-refractivity contribution in [2.45, 2.75) is 24.7 Å². The average molecular weight is 240 g/mol. The van der Waals surface area contributed by atoms with E-state index in [0.29, 0.717) is 6.54 Å². The molecule has 0 aromatic carbocycles. The summed E-state index contributed by atoms with van der Waals surface area (Å²) in [5.74, 6) is -0.513. The van der Waals surface area contributed by atoms with Gasteiger partial charge in [0.2, 0.25) is 0 Å². The molecule has 0 aromatic heterocycles. The molecule has 1 heterocycles. The van der Waals surface area contributed by atoms with Crippen LogP contribution in [0.2, 0.25) is 0 Å². The highest BCUT2D eigenvalue weighted by atomic mass is 19.4. The Morgan fingerprint density at radius 3 is 2.69 bits per heavy atom. The lowest BCUT2D eigenvalue weighted by molar-refractivity contribution is -0.174. The molecule has 7 heteroatoms. The number of hydrogen-bond donors (Lipinski definition) is 1. The van der Waals surface area contributed by atoms with Gasteiger partial charge in [0.15, 0.2) is 6.10 Å². The molecular weight excluding hydrogens is 225 g/mol. The molecule has 0 saturated carbocycles. The van der Waals surface area contributed by atoms with Crippen molar-refractivity contribution in [3.8, 4) is 0 Å². The minimum absolute atomic E-state index is 0.267. The van der Waals surface area contributed by atoms with E-state index in [0.717, 1.165) is 0 Å². The highest BCUT2D eigenvalue weighted by Crippen LogP contribution is 2.27. The van der Waals surface area contributed by atoms with Crippen LogP contribution in [0.5, 0.6) is 0 Å². The zero-order valence-electron chi connectivity index (χ0n) is 9.17. The van der Waals surface area contributed by atoms with Gasteiger partial charge in [0.1, 0.15) is 0 Å². The summed E-state index contributed by atoms with van der Waals surface area (Å²) in [6.07, 6.45) is -6.39. The highest BCUT2D eigenvalue weighted by molar-refractivity contribution is 5.81. The van der Waals surface area contributed by atoms with Crippen molar-refractivity contribution in [2.24, 2.45) is 0 Å². The van der Waals surface area contributed by atoms with Crippen molar-refractivity contribution in [3.05, 3.63) is 0 Å². The Labute approximate surface area is 91.7 Å². The summed E-state index contributed by atoms with van der Waals surface area (Å²) in [6.45, 7) is 0.664. The number of hydrogen-bond acceptors (Lipinski definition) is 3. The monoisotopic (exact) mass is 240 g/mol. The third kappa shape index (κ3) is 3.34. The molecule has 0 radical (unpaired) electrons. The molecule has 1 aliphatic heterocycles. The van der Waals surface area contributed by atoms with Gasteiger partial charge < -0.3 is 10.1 Å². The number of rotatable bonds is 2. The number of morpholine rings is 1. The van der Waals surface area contributed by atoms with Crippen molar-refractivity contribution in [3.63, 3.8) is 0 Å². The molecule has 1 fully saturated rings. The molecule has 4 nitrogen and oxygen atoms in total. The quantitative estimate of drug-likeness (QED) is 0.759. The fraction of sp³-hybridized carbons (Fsp3) is 0.889. The highest BCUT2D eigenvalue weighted by Gasteiger charge is 2.42. The number of likely N-dealkylation sites (N-methyl/N-ethyl adjacent to an activating group) is 2. The summed E-state index contributed by atoms with van der Waals surface area (Å²) < 4.78 is 42.1. The van der Waals surface area contributed by atoms with Gasteiger partial charge in [-0.1, -0.05) is 0 Å². The normalized spacial score (nSPS) is 27.8. The van der Waals surface area contributed by atoms with Crippen LogP contribution in [-0.4, -0.2) is 56.4 Å². The predicted octanol–water partition coefficient (Wildman–Crippen LogP) is 0.384. The van der Waals surface area contributed by atoms with Crippen LogP contribution < -0.4 is 5.32 Å². The molecule has 1 aliphatic rings. The second kappa shape index (κ2) is 5.01. The minimum atomic E-state index is -4.30. The van der Waals surface area contributed by atoms with Crippen LogP contribution in [0.15, 0.2) is 0 Å². The van der Waals surface area contributed by atoms with Crippen molar-refractivity contribution in [1.82, 2.24) is 10.2 Å². The maximum atomic E-state index is 12.3. The molecule has 1 saturated heterocycles. The van der Waals surface area contributed by atoms with Crippen molar-refractivity contribution >= 4 is 5.91 Å². The van der Waals surface area contributed by atoms with Gasteiger partial charge in [-0.2, -0.15) is 13.2 Å². The van der Waals surface area contributed by atoms with Gasteiger partial charge in [0.25, 0.3) is 5.91 Å². The van der Waals surface area contributed by atoms with E-state index in [2.05, 4.69) is 5.32 Å². The van der Waals surface area contributed by atoms with Crippen molar-refractivity contribution in [2.75, 3.05) is 27.2 Å². The lowest BCUT2D eigenvalue weighted by atomic mass is 10.0. The number of amides is 1. The maximum absolute atomic E-state index is 12.3. The Hall–Kier alpha value is -0.820. The van der Waals surface area contributed by atoms with Gasteiger partial charge in [-0.3, -0.25) is 9.69 Å². The minimum Gasteiger partial charge on any atom is -0.365 e. The lowest BCUT2D eigenvalue weighted by Gasteiger charge is -2.38. The third-order valence-corrected chi connectivity index (χ3v) is 2.60.